The normalized spacial score (nSPS) is 49.2. The first-order chi connectivity index (χ1) is 46.4. The summed E-state index contributed by atoms with van der Waals surface area (Å²) < 4.78 is 81.9. The van der Waals surface area contributed by atoms with Crippen molar-refractivity contribution in [3.05, 3.63) is 0 Å². The lowest BCUT2D eigenvalue weighted by Gasteiger charge is -2.55. The van der Waals surface area contributed by atoms with E-state index >= 15 is 0 Å². The van der Waals surface area contributed by atoms with Gasteiger partial charge in [-0.25, -0.2) is 0 Å². The van der Waals surface area contributed by atoms with E-state index in [9.17, 15) is 4.79 Å². The Hall–Kier alpha value is -0.810. The van der Waals surface area contributed by atoms with Crippen LogP contribution in [0.2, 0.25) is 0 Å². The van der Waals surface area contributed by atoms with Gasteiger partial charge in [-0.3, -0.25) is 4.79 Å². The highest BCUT2D eigenvalue weighted by molar-refractivity contribution is 5.76. The third-order valence-electron chi connectivity index (χ3n) is 28.7. The number of rotatable bonds is 17. The predicted molar refractivity (Wildman–Crippen MR) is 393 cm³/mol. The maximum Gasteiger partial charge on any atom is 0.170 e. The third-order valence-corrected chi connectivity index (χ3v) is 28.7. The zero-order chi connectivity index (χ0) is 72.0. The lowest BCUT2D eigenvalue weighted by molar-refractivity contribution is -0.368. The van der Waals surface area contributed by atoms with Crippen molar-refractivity contribution in [2.45, 2.75) is 434 Å². The van der Waals surface area contributed by atoms with E-state index in [4.69, 9.17) is 56.8 Å². The summed E-state index contributed by atoms with van der Waals surface area (Å²) in [6, 6.07) is 0. The van der Waals surface area contributed by atoms with E-state index < -0.39 is 17.4 Å². The van der Waals surface area contributed by atoms with Crippen molar-refractivity contribution in [3.8, 4) is 0 Å². The lowest BCUT2D eigenvalue weighted by Crippen LogP contribution is -2.61. The number of hydrogen-bond donors (Lipinski definition) is 0. The molecule has 572 valence electrons. The van der Waals surface area contributed by atoms with Crippen LogP contribution in [-0.4, -0.2) is 132 Å². The van der Waals surface area contributed by atoms with E-state index in [2.05, 4.69) is 166 Å². The molecule has 13 rings (SSSR count). The van der Waals surface area contributed by atoms with E-state index in [1.807, 2.05) is 0 Å². The zero-order valence-electron chi connectivity index (χ0n) is 67.7. The van der Waals surface area contributed by atoms with Crippen molar-refractivity contribution < 1.29 is 61.6 Å². The minimum absolute atomic E-state index is 0.00959. The van der Waals surface area contributed by atoms with Gasteiger partial charge in [0.15, 0.2) is 17.4 Å². The molecule has 12 aliphatic heterocycles. The largest absolute Gasteiger partial charge is 0.374 e. The monoisotopic (exact) mass is 1390 g/mol. The van der Waals surface area contributed by atoms with Gasteiger partial charge < -0.3 is 56.8 Å². The van der Waals surface area contributed by atoms with Crippen LogP contribution in [-0.2, 0) is 61.6 Å². The summed E-state index contributed by atoms with van der Waals surface area (Å²) in [6.07, 6.45) is 24.4. The molecule has 0 aromatic heterocycles. The van der Waals surface area contributed by atoms with Gasteiger partial charge >= 0.3 is 0 Å². The minimum Gasteiger partial charge on any atom is -0.374 e. The van der Waals surface area contributed by atoms with E-state index in [1.54, 1.807) is 6.92 Å². The van der Waals surface area contributed by atoms with Gasteiger partial charge in [0.25, 0.3) is 0 Å². The number of ether oxygens (including phenoxy) is 12. The van der Waals surface area contributed by atoms with Crippen molar-refractivity contribution in [1.82, 2.24) is 0 Å². The van der Waals surface area contributed by atoms with Crippen molar-refractivity contribution in [3.63, 3.8) is 0 Å². The summed E-state index contributed by atoms with van der Waals surface area (Å²) in [5, 5.41) is 0. The molecule has 12 heterocycles. The number of carbonyl (C=O) groups excluding carboxylic acids is 1. The number of carbonyl (C=O) groups is 1. The van der Waals surface area contributed by atoms with Crippen molar-refractivity contribution in [2.75, 3.05) is 0 Å². The van der Waals surface area contributed by atoms with Crippen molar-refractivity contribution >= 4 is 5.78 Å². The Kier molecular flexibility index (Phi) is 24.8. The van der Waals surface area contributed by atoms with E-state index in [0.717, 1.165) is 108 Å². The highest BCUT2D eigenvalue weighted by atomic mass is 16.7. The molecule has 1 saturated carbocycles. The fourth-order valence-corrected chi connectivity index (χ4v) is 23.3. The molecule has 99 heavy (non-hydrogen) atoms. The minimum atomic E-state index is -0.536. The second-order valence-corrected chi connectivity index (χ2v) is 39.7. The highest BCUT2D eigenvalue weighted by Crippen LogP contribution is 2.60. The van der Waals surface area contributed by atoms with Gasteiger partial charge in [0.05, 0.1) is 108 Å². The molecule has 13 fully saturated rings. The Morgan fingerprint density at radius 1 is 0.364 bits per heavy atom. The quantitative estimate of drug-likeness (QED) is 0.137. The fourth-order valence-electron chi connectivity index (χ4n) is 23.3. The molecule has 13 nitrogen and oxygen atoms in total. The fraction of sp³-hybridized carbons (Fsp3) is 0.988. The van der Waals surface area contributed by atoms with Gasteiger partial charge in [-0.2, -0.15) is 0 Å². The van der Waals surface area contributed by atoms with Crippen LogP contribution in [0.4, 0.5) is 0 Å². The van der Waals surface area contributed by atoms with E-state index in [0.29, 0.717) is 119 Å². The summed E-state index contributed by atoms with van der Waals surface area (Å²) in [5.41, 5.74) is -0.236. The summed E-state index contributed by atoms with van der Waals surface area (Å²) in [4.78, 5) is 11.7. The summed E-state index contributed by atoms with van der Waals surface area (Å²) in [7, 11) is 0. The zero-order valence-corrected chi connectivity index (χ0v) is 67.7. The second kappa shape index (κ2) is 31.0. The van der Waals surface area contributed by atoms with Crippen LogP contribution in [0, 0.1) is 107 Å². The molecule has 0 bridgehead atoms. The first-order valence-corrected chi connectivity index (χ1v) is 42.0. The number of fused-ring (bicyclic) bond motifs is 7. The molecule has 1 aliphatic carbocycles. The number of Topliss-reactive ketones (excluding diaryl/α,β-unsaturated/α-hetero) is 1. The lowest BCUT2D eigenvalue weighted by atomic mass is 9.67. The van der Waals surface area contributed by atoms with Crippen molar-refractivity contribution in [2.24, 2.45) is 107 Å². The van der Waals surface area contributed by atoms with Crippen LogP contribution in [0.3, 0.4) is 0 Å². The average molecular weight is 1390 g/mol. The van der Waals surface area contributed by atoms with Crippen molar-refractivity contribution in [1.29, 1.82) is 0 Å². The molecular formula is C86H150O13. The Bertz CT molecular complexity index is 2630. The Balaban J connectivity index is 0.000000150. The predicted octanol–water partition coefficient (Wildman–Crippen LogP) is 19.5. The molecule has 3 spiro atoms. The molecule has 13 aliphatic rings. The molecule has 0 radical (unpaired) electrons. The smallest absolute Gasteiger partial charge is 0.170 e. The molecule has 0 amide bonds. The maximum atomic E-state index is 11.7. The Morgan fingerprint density at radius 2 is 0.747 bits per heavy atom. The number of hydrogen-bond acceptors (Lipinski definition) is 13. The first kappa shape index (κ1) is 79.2. The molecule has 0 N–H and O–H groups in total. The summed E-state index contributed by atoms with van der Waals surface area (Å²) in [5.74, 6) is 8.48. The third kappa shape index (κ3) is 16.6. The van der Waals surface area contributed by atoms with Gasteiger partial charge in [-0.15, -0.1) is 0 Å². The van der Waals surface area contributed by atoms with Crippen LogP contribution >= 0.6 is 0 Å². The molecule has 33 atom stereocenters. The highest BCUT2D eigenvalue weighted by Gasteiger charge is 2.65. The number of ketones is 1. The standard InChI is InChI=1S/C30H52O4.C29H52O4.C27H46O5/c1-9-19(6)24-11-22-10-23-20(7)14-30(32-26(23)12-25(22)31-24)15-21(8)28-27(33-30)16-29(34-28,18(4)5)13-17(2)3;1-10-19(6)11-20(7)23-12-24-26(30-23)21(8)14-29(31-24)15-22(9)27-25(32-29)16-28(33-27,18(4)5)13-17(2)3;1-15(2)11-26(16(3)4)14-23-25(32-26)19(7)13-27(31-23)12-18(6)24-22(30-27)9-17(5)21(29-24)10-20(8)28/h17-28H,9-16H2,1-8H3;17-27H,10-16H2,1-9H3;15-19,21-25H,9-14H2,1-8H3/t19-,20-,21-,22+,23-,24-,25+,26-,27-,28-,29-,30+;19-,20-,21-,22-,23-,24-,25-,26-,27-,28-,29+;17-,18+,19+,21-,22+,23+,24+,25+,26+,27-/m001/s1. The molecule has 13 heteroatoms. The van der Waals surface area contributed by atoms with Gasteiger partial charge in [0.2, 0.25) is 0 Å². The van der Waals surface area contributed by atoms with Gasteiger partial charge in [-0.1, -0.05) is 179 Å². The molecular weight excluding hydrogens is 1240 g/mol. The molecule has 0 aromatic rings. The van der Waals surface area contributed by atoms with E-state index in [-0.39, 0.29) is 95.8 Å². The van der Waals surface area contributed by atoms with Crippen LogP contribution in [0.15, 0.2) is 0 Å². The Labute approximate surface area is 604 Å². The van der Waals surface area contributed by atoms with Gasteiger partial charge in [0, 0.05) is 77.0 Å². The Morgan fingerprint density at radius 3 is 1.15 bits per heavy atom. The SMILES string of the molecule is CC(=O)C[C@H]1O[C@@H]2[C@H](C[C@H]1C)O[C@@]1(C[C@@H]2C)C[C@H](C)[C@@H]2O[C@](CC(C)C)(C(C)C)C[C@@H]2O1.CC[C@H](C)C[C@H](C)[C@@H]1C[C@@H]2O[C@@]3(C[C@H](C)[C@@H]2O1)C[C@H](C)[C@@H]1O[C@](CC(C)C)(C(C)C)C[C@@H]1O3.CC[C@H](C)[C@@H]1C[C@H]2C[C@@H]3[C@H](C[C@H]2O1)O[C@@]1(C[C@@H]3C)C[C@H](C)[C@@H]2O[C@](CC(C)C)(C(C)C)C[C@@H]2O1. The first-order valence-electron chi connectivity index (χ1n) is 42.0. The van der Waals surface area contributed by atoms with E-state index in [1.165, 1.54) is 32.1 Å². The molecule has 0 unspecified atom stereocenters. The second-order valence-electron chi connectivity index (χ2n) is 39.7. The summed E-state index contributed by atoms with van der Waals surface area (Å²) >= 11 is 0. The van der Waals surface area contributed by atoms with Crippen LogP contribution < -0.4 is 0 Å². The van der Waals surface area contributed by atoms with Crippen LogP contribution in [0.25, 0.3) is 0 Å². The van der Waals surface area contributed by atoms with Crippen LogP contribution in [0.1, 0.15) is 308 Å². The molecule has 0 aromatic carbocycles. The summed E-state index contributed by atoms with van der Waals surface area (Å²) in [6.45, 7) is 57.4. The van der Waals surface area contributed by atoms with Gasteiger partial charge in [0.1, 0.15) is 5.78 Å². The van der Waals surface area contributed by atoms with Gasteiger partial charge in [-0.05, 0) is 158 Å². The maximum absolute atomic E-state index is 11.7. The van der Waals surface area contributed by atoms with Crippen LogP contribution in [0.5, 0.6) is 0 Å². The molecule has 12 saturated heterocycles. The average Bonchev–Trinajstić information content (AvgIpc) is 1.70. The topological polar surface area (TPSA) is 128 Å².